The molecule has 0 unspecified atom stereocenters. The van der Waals surface area contributed by atoms with Gasteiger partial charge in [0, 0.05) is 5.39 Å². The van der Waals surface area contributed by atoms with Crippen molar-refractivity contribution in [3.63, 3.8) is 0 Å². The van der Waals surface area contributed by atoms with E-state index in [1.54, 1.807) is 42.6 Å². The first-order chi connectivity index (χ1) is 10.2. The number of hydrogen-bond acceptors (Lipinski definition) is 3. The van der Waals surface area contributed by atoms with Gasteiger partial charge in [0.2, 0.25) is 0 Å². The number of nitrogens with zero attached hydrogens (tertiary/aromatic N) is 1. The van der Waals surface area contributed by atoms with Crippen molar-refractivity contribution < 1.29 is 9.59 Å². The average molecular weight is 280 g/mol. The molecule has 4 N–H and O–H groups in total. The summed E-state index contributed by atoms with van der Waals surface area (Å²) in [7, 11) is 0. The van der Waals surface area contributed by atoms with E-state index in [0.29, 0.717) is 16.8 Å². The Morgan fingerprint density at radius 1 is 1.05 bits per heavy atom. The van der Waals surface area contributed by atoms with Crippen LogP contribution in [-0.2, 0) is 0 Å². The number of fused-ring (bicyclic) bond motifs is 1. The third kappa shape index (κ3) is 2.34. The van der Waals surface area contributed by atoms with Gasteiger partial charge >= 0.3 is 0 Å². The van der Waals surface area contributed by atoms with Crippen molar-refractivity contribution in [3.8, 4) is 0 Å². The van der Waals surface area contributed by atoms with Crippen molar-refractivity contribution in [2.45, 2.75) is 0 Å². The smallest absolute Gasteiger partial charge is 0.257 e. The number of aromatic nitrogens is 2. The predicted octanol–water partition coefficient (Wildman–Crippen LogP) is 1.91. The third-order valence-electron chi connectivity index (χ3n) is 3.16. The SMILES string of the molecule is NC(=O)c1ccccc1NC(=O)c1cccc2cn[nH]c12. The zero-order valence-electron chi connectivity index (χ0n) is 11.0. The van der Waals surface area contributed by atoms with Crippen LogP contribution in [0.15, 0.2) is 48.7 Å². The first-order valence-corrected chi connectivity index (χ1v) is 6.29. The van der Waals surface area contributed by atoms with Crippen LogP contribution in [0.25, 0.3) is 10.9 Å². The molecule has 104 valence electrons. The molecule has 1 aromatic heterocycles. The Bertz CT molecular complexity index is 838. The second kappa shape index (κ2) is 5.09. The Balaban J connectivity index is 1.97. The lowest BCUT2D eigenvalue weighted by Crippen LogP contribution is -2.18. The molecule has 0 saturated carbocycles. The van der Waals surface area contributed by atoms with Gasteiger partial charge in [0.05, 0.1) is 28.5 Å². The molecule has 3 rings (SSSR count). The van der Waals surface area contributed by atoms with E-state index < -0.39 is 5.91 Å². The van der Waals surface area contributed by atoms with E-state index in [2.05, 4.69) is 15.5 Å². The topological polar surface area (TPSA) is 101 Å². The summed E-state index contributed by atoms with van der Waals surface area (Å²) >= 11 is 0. The number of nitrogens with one attached hydrogen (secondary N) is 2. The van der Waals surface area contributed by atoms with Crippen LogP contribution < -0.4 is 11.1 Å². The molecule has 0 radical (unpaired) electrons. The minimum Gasteiger partial charge on any atom is -0.366 e. The molecule has 0 bridgehead atoms. The lowest BCUT2D eigenvalue weighted by Gasteiger charge is -2.09. The lowest BCUT2D eigenvalue weighted by molar-refractivity contribution is 0.100. The van der Waals surface area contributed by atoms with Crippen LogP contribution in [-0.4, -0.2) is 22.0 Å². The Labute approximate surface area is 120 Å². The van der Waals surface area contributed by atoms with Gasteiger partial charge in [-0.15, -0.1) is 0 Å². The van der Waals surface area contributed by atoms with Gasteiger partial charge in [0.25, 0.3) is 11.8 Å². The number of benzene rings is 2. The molecule has 6 nitrogen and oxygen atoms in total. The molecular formula is C15H12N4O2. The molecule has 0 aliphatic carbocycles. The number of para-hydroxylation sites is 2. The number of carbonyl (C=O) groups is 2. The van der Waals surface area contributed by atoms with Gasteiger partial charge in [-0.1, -0.05) is 24.3 Å². The molecule has 1 heterocycles. The van der Waals surface area contributed by atoms with Crippen LogP contribution in [0.5, 0.6) is 0 Å². The molecule has 6 heteroatoms. The zero-order valence-corrected chi connectivity index (χ0v) is 11.0. The molecule has 2 aromatic carbocycles. The molecular weight excluding hydrogens is 268 g/mol. The summed E-state index contributed by atoms with van der Waals surface area (Å²) in [4.78, 5) is 23.8. The quantitative estimate of drug-likeness (QED) is 0.683. The number of primary amides is 1. The van der Waals surface area contributed by atoms with Crippen LogP contribution in [0, 0.1) is 0 Å². The van der Waals surface area contributed by atoms with Crippen molar-refractivity contribution >= 4 is 28.4 Å². The number of nitrogens with two attached hydrogens (primary N) is 1. The standard InChI is InChI=1S/C15H12N4O2/c16-14(20)10-5-1-2-7-12(10)18-15(21)11-6-3-4-9-8-17-19-13(9)11/h1-8H,(H2,16,20)(H,17,19)(H,18,21). The molecule has 0 atom stereocenters. The Morgan fingerprint density at radius 2 is 1.81 bits per heavy atom. The fourth-order valence-corrected chi connectivity index (χ4v) is 2.15. The highest BCUT2D eigenvalue weighted by molar-refractivity contribution is 6.13. The Morgan fingerprint density at radius 3 is 2.62 bits per heavy atom. The van der Waals surface area contributed by atoms with Crippen molar-refractivity contribution in [1.29, 1.82) is 0 Å². The van der Waals surface area contributed by atoms with E-state index in [1.807, 2.05) is 6.07 Å². The maximum Gasteiger partial charge on any atom is 0.257 e. The number of aromatic amines is 1. The maximum absolute atomic E-state index is 12.4. The molecule has 0 spiro atoms. The van der Waals surface area contributed by atoms with Gasteiger partial charge in [-0.2, -0.15) is 5.10 Å². The van der Waals surface area contributed by atoms with Crippen molar-refractivity contribution in [1.82, 2.24) is 10.2 Å². The maximum atomic E-state index is 12.4. The van der Waals surface area contributed by atoms with Gasteiger partial charge in [-0.05, 0) is 18.2 Å². The van der Waals surface area contributed by atoms with Crippen LogP contribution in [0.1, 0.15) is 20.7 Å². The van der Waals surface area contributed by atoms with Gasteiger partial charge < -0.3 is 11.1 Å². The van der Waals surface area contributed by atoms with Crippen molar-refractivity contribution in [2.24, 2.45) is 5.73 Å². The predicted molar refractivity (Wildman–Crippen MR) is 79.0 cm³/mol. The van der Waals surface area contributed by atoms with Crippen molar-refractivity contribution in [3.05, 3.63) is 59.8 Å². The first kappa shape index (κ1) is 12.9. The number of rotatable bonds is 3. The van der Waals surface area contributed by atoms with Crippen LogP contribution in [0.2, 0.25) is 0 Å². The van der Waals surface area contributed by atoms with Gasteiger partial charge in [0.1, 0.15) is 0 Å². The normalized spacial score (nSPS) is 10.5. The summed E-state index contributed by atoms with van der Waals surface area (Å²) in [6.45, 7) is 0. The highest BCUT2D eigenvalue weighted by atomic mass is 16.2. The molecule has 21 heavy (non-hydrogen) atoms. The largest absolute Gasteiger partial charge is 0.366 e. The second-order valence-electron chi connectivity index (χ2n) is 4.50. The molecule has 3 aromatic rings. The average Bonchev–Trinajstić information content (AvgIpc) is 2.95. The summed E-state index contributed by atoms with van der Waals surface area (Å²) in [6, 6.07) is 11.9. The van der Waals surface area contributed by atoms with Crippen LogP contribution in [0.3, 0.4) is 0 Å². The van der Waals surface area contributed by atoms with Gasteiger partial charge in [-0.3, -0.25) is 14.7 Å². The van der Waals surface area contributed by atoms with Crippen molar-refractivity contribution in [2.75, 3.05) is 5.32 Å². The number of hydrogen-bond donors (Lipinski definition) is 3. The Kier molecular flexibility index (Phi) is 3.12. The summed E-state index contributed by atoms with van der Waals surface area (Å²) in [5, 5.41) is 10.2. The highest BCUT2D eigenvalue weighted by Gasteiger charge is 2.14. The number of anilines is 1. The molecule has 0 aliphatic heterocycles. The summed E-state index contributed by atoms with van der Waals surface area (Å²) in [5.74, 6) is -0.927. The minimum atomic E-state index is -0.592. The highest BCUT2D eigenvalue weighted by Crippen LogP contribution is 2.19. The number of amides is 2. The fraction of sp³-hybridized carbons (Fsp3) is 0. The summed E-state index contributed by atoms with van der Waals surface area (Å²) < 4.78 is 0. The number of H-pyrrole nitrogens is 1. The van der Waals surface area contributed by atoms with Crippen LogP contribution >= 0.6 is 0 Å². The van der Waals surface area contributed by atoms with E-state index in [4.69, 9.17) is 5.73 Å². The molecule has 0 saturated heterocycles. The van der Waals surface area contributed by atoms with E-state index in [-0.39, 0.29) is 11.5 Å². The van der Waals surface area contributed by atoms with Gasteiger partial charge in [0.15, 0.2) is 0 Å². The van der Waals surface area contributed by atoms with E-state index in [0.717, 1.165) is 5.39 Å². The molecule has 0 aliphatic rings. The van der Waals surface area contributed by atoms with Gasteiger partial charge in [-0.25, -0.2) is 0 Å². The number of carbonyl (C=O) groups excluding carboxylic acids is 2. The van der Waals surface area contributed by atoms with E-state index in [1.165, 1.54) is 0 Å². The minimum absolute atomic E-state index is 0.266. The second-order valence-corrected chi connectivity index (χ2v) is 4.50. The molecule has 2 amide bonds. The van der Waals surface area contributed by atoms with Crippen LogP contribution in [0.4, 0.5) is 5.69 Å². The zero-order chi connectivity index (χ0) is 14.8. The summed E-state index contributed by atoms with van der Waals surface area (Å²) in [6.07, 6.45) is 1.64. The fourth-order valence-electron chi connectivity index (χ4n) is 2.15. The van der Waals surface area contributed by atoms with E-state index >= 15 is 0 Å². The first-order valence-electron chi connectivity index (χ1n) is 6.29. The molecule has 0 fully saturated rings. The van der Waals surface area contributed by atoms with E-state index in [9.17, 15) is 9.59 Å². The summed E-state index contributed by atoms with van der Waals surface area (Å²) in [5.41, 5.74) is 7.04. The third-order valence-corrected chi connectivity index (χ3v) is 3.16. The monoisotopic (exact) mass is 280 g/mol. The Hall–Kier alpha value is -3.15. The lowest BCUT2D eigenvalue weighted by atomic mass is 10.1.